The van der Waals surface area contributed by atoms with Gasteiger partial charge in [-0.1, -0.05) is 47.5 Å². The molecule has 140 valence electrons. The Morgan fingerprint density at radius 3 is 1.37 bits per heavy atom. The smallest absolute Gasteiger partial charge is 0.273 e. The van der Waals surface area contributed by atoms with Crippen molar-refractivity contribution < 1.29 is 14.4 Å². The highest BCUT2D eigenvalue weighted by Gasteiger charge is 2.55. The van der Waals surface area contributed by atoms with Crippen LogP contribution in [0.2, 0.25) is 10.0 Å². The van der Waals surface area contributed by atoms with Crippen molar-refractivity contribution >= 4 is 41.0 Å². The van der Waals surface area contributed by atoms with Crippen molar-refractivity contribution in [2.75, 3.05) is 14.1 Å². The Kier molecular flexibility index (Phi) is 5.27. The second-order valence-corrected chi connectivity index (χ2v) is 7.57. The highest BCUT2D eigenvalue weighted by atomic mass is 35.5. The molecule has 1 aliphatic rings. The largest absolute Gasteiger partial charge is 0.332 e. The van der Waals surface area contributed by atoms with Gasteiger partial charge in [-0.25, -0.2) is 4.79 Å². The number of urea groups is 1. The minimum atomic E-state index is -1.42. The summed E-state index contributed by atoms with van der Waals surface area (Å²) in [5.41, 5.74) is 0.149. The zero-order chi connectivity index (χ0) is 19.8. The van der Waals surface area contributed by atoms with E-state index in [9.17, 15) is 14.4 Å². The number of imide groups is 2. The first-order chi connectivity index (χ1) is 12.7. The van der Waals surface area contributed by atoms with E-state index >= 15 is 0 Å². The third kappa shape index (κ3) is 3.57. The molecule has 1 heterocycles. The molecule has 4 amide bonds. The van der Waals surface area contributed by atoms with E-state index < -0.39 is 23.3 Å². The van der Waals surface area contributed by atoms with Gasteiger partial charge < -0.3 is 0 Å². The van der Waals surface area contributed by atoms with E-state index in [-0.39, 0.29) is 12.8 Å². The van der Waals surface area contributed by atoms with Crippen LogP contribution < -0.4 is 0 Å². The lowest BCUT2D eigenvalue weighted by Crippen LogP contribution is -2.64. The average Bonchev–Trinajstić information content (AvgIpc) is 2.67. The molecule has 0 unspecified atom stereocenters. The molecule has 0 atom stereocenters. The molecule has 27 heavy (non-hydrogen) atoms. The predicted molar refractivity (Wildman–Crippen MR) is 104 cm³/mol. The van der Waals surface area contributed by atoms with Gasteiger partial charge in [-0.05, 0) is 48.2 Å². The number of carbonyl (C=O) groups is 3. The topological polar surface area (TPSA) is 57.7 Å². The fourth-order valence-corrected chi connectivity index (χ4v) is 3.65. The van der Waals surface area contributed by atoms with Crippen molar-refractivity contribution in [2.45, 2.75) is 12.8 Å². The number of barbiturate groups is 1. The number of halogens is 2. The van der Waals surface area contributed by atoms with Crippen LogP contribution in [0.3, 0.4) is 0 Å². The summed E-state index contributed by atoms with van der Waals surface area (Å²) in [6.45, 7) is 0. The second-order valence-electron chi connectivity index (χ2n) is 6.70. The molecular weight excluding hydrogens is 387 g/mol. The standard InChI is InChI=1S/C20H18Cl2N2O3/c1-23-17(25)20(18(26)24(2)19(23)27,11-13-3-7-15(21)8-4-13)12-14-5-9-16(22)10-6-14/h3-10H,11-12H2,1-2H3. The number of benzene rings is 2. The maximum Gasteiger partial charge on any atom is 0.332 e. The van der Waals surface area contributed by atoms with E-state index in [4.69, 9.17) is 23.2 Å². The molecular formula is C20H18Cl2N2O3. The lowest BCUT2D eigenvalue weighted by molar-refractivity contribution is -0.157. The summed E-state index contributed by atoms with van der Waals surface area (Å²) in [6, 6.07) is 13.3. The van der Waals surface area contributed by atoms with E-state index in [0.717, 1.165) is 20.9 Å². The summed E-state index contributed by atoms with van der Waals surface area (Å²) in [5.74, 6) is -1.03. The Morgan fingerprint density at radius 1 is 0.704 bits per heavy atom. The second kappa shape index (κ2) is 7.33. The molecule has 0 radical (unpaired) electrons. The SMILES string of the molecule is CN1C(=O)N(C)C(=O)C(Cc2ccc(Cl)cc2)(Cc2ccc(Cl)cc2)C1=O. The van der Waals surface area contributed by atoms with Gasteiger partial charge >= 0.3 is 6.03 Å². The molecule has 3 rings (SSSR count). The van der Waals surface area contributed by atoms with Crippen molar-refractivity contribution in [1.29, 1.82) is 0 Å². The maximum absolute atomic E-state index is 13.2. The van der Waals surface area contributed by atoms with Crippen LogP contribution in [0.15, 0.2) is 48.5 Å². The summed E-state index contributed by atoms with van der Waals surface area (Å²) in [7, 11) is 2.79. The van der Waals surface area contributed by atoms with Gasteiger partial charge in [0.05, 0.1) is 0 Å². The number of hydrogen-bond acceptors (Lipinski definition) is 3. The predicted octanol–water partition coefficient (Wildman–Crippen LogP) is 3.82. The highest BCUT2D eigenvalue weighted by Crippen LogP contribution is 2.36. The normalized spacial score (nSPS) is 16.8. The molecule has 0 spiro atoms. The van der Waals surface area contributed by atoms with Gasteiger partial charge in [-0.15, -0.1) is 0 Å². The molecule has 2 aromatic carbocycles. The van der Waals surface area contributed by atoms with Crippen LogP contribution in [-0.2, 0) is 22.4 Å². The number of nitrogens with zero attached hydrogens (tertiary/aromatic N) is 2. The van der Waals surface area contributed by atoms with Crippen LogP contribution >= 0.6 is 23.2 Å². The third-order valence-electron chi connectivity index (χ3n) is 4.84. The zero-order valence-electron chi connectivity index (χ0n) is 14.9. The van der Waals surface area contributed by atoms with Gasteiger partial charge in [-0.2, -0.15) is 0 Å². The van der Waals surface area contributed by atoms with Gasteiger partial charge in [0, 0.05) is 24.1 Å². The quantitative estimate of drug-likeness (QED) is 0.727. The van der Waals surface area contributed by atoms with E-state index in [1.807, 2.05) is 0 Å². The van der Waals surface area contributed by atoms with Crippen LogP contribution in [0, 0.1) is 5.41 Å². The number of carbonyl (C=O) groups excluding carboxylic acids is 3. The highest BCUT2D eigenvalue weighted by molar-refractivity contribution is 6.30. The Labute approximate surface area is 167 Å². The number of hydrogen-bond donors (Lipinski definition) is 0. The van der Waals surface area contributed by atoms with Crippen molar-refractivity contribution in [1.82, 2.24) is 9.80 Å². The summed E-state index contributed by atoms with van der Waals surface area (Å²) in [5, 5.41) is 1.13. The van der Waals surface area contributed by atoms with Crippen LogP contribution in [0.4, 0.5) is 4.79 Å². The molecule has 1 fully saturated rings. The van der Waals surface area contributed by atoms with Gasteiger partial charge in [0.1, 0.15) is 5.41 Å². The van der Waals surface area contributed by atoms with Crippen LogP contribution in [0.1, 0.15) is 11.1 Å². The molecule has 7 heteroatoms. The summed E-state index contributed by atoms with van der Waals surface area (Å²) < 4.78 is 0. The summed E-state index contributed by atoms with van der Waals surface area (Å²) in [6.07, 6.45) is 0.318. The molecule has 0 saturated carbocycles. The van der Waals surface area contributed by atoms with Crippen LogP contribution in [0.25, 0.3) is 0 Å². The molecule has 1 aliphatic heterocycles. The number of rotatable bonds is 4. The van der Waals surface area contributed by atoms with Crippen molar-refractivity contribution in [2.24, 2.45) is 5.41 Å². The van der Waals surface area contributed by atoms with Crippen LogP contribution in [-0.4, -0.2) is 41.7 Å². The van der Waals surface area contributed by atoms with Crippen molar-refractivity contribution in [3.8, 4) is 0 Å². The maximum atomic E-state index is 13.2. The third-order valence-corrected chi connectivity index (χ3v) is 5.34. The molecule has 0 bridgehead atoms. The Balaban J connectivity index is 2.08. The zero-order valence-corrected chi connectivity index (χ0v) is 16.4. The fourth-order valence-electron chi connectivity index (χ4n) is 3.40. The molecule has 0 aliphatic carbocycles. The first kappa shape index (κ1) is 19.4. The van der Waals surface area contributed by atoms with Gasteiger partial charge in [0.15, 0.2) is 0 Å². The monoisotopic (exact) mass is 404 g/mol. The molecule has 5 nitrogen and oxygen atoms in total. The van der Waals surface area contributed by atoms with Gasteiger partial charge in [0.25, 0.3) is 0 Å². The minimum absolute atomic E-state index is 0.159. The first-order valence-electron chi connectivity index (χ1n) is 8.34. The Hall–Kier alpha value is -2.37. The van der Waals surface area contributed by atoms with Gasteiger partial charge in [0.2, 0.25) is 11.8 Å². The van der Waals surface area contributed by atoms with Crippen molar-refractivity contribution in [3.05, 3.63) is 69.7 Å². The van der Waals surface area contributed by atoms with Gasteiger partial charge in [-0.3, -0.25) is 19.4 Å². The Bertz CT molecular complexity index is 821. The molecule has 1 saturated heterocycles. The Morgan fingerprint density at radius 2 is 1.04 bits per heavy atom. The molecule has 0 N–H and O–H groups in total. The van der Waals surface area contributed by atoms with Crippen molar-refractivity contribution in [3.63, 3.8) is 0 Å². The lowest BCUT2D eigenvalue weighted by atomic mass is 9.73. The van der Waals surface area contributed by atoms with E-state index in [1.165, 1.54) is 14.1 Å². The van der Waals surface area contributed by atoms with Crippen LogP contribution in [0.5, 0.6) is 0 Å². The fraction of sp³-hybridized carbons (Fsp3) is 0.250. The average molecular weight is 405 g/mol. The minimum Gasteiger partial charge on any atom is -0.273 e. The van der Waals surface area contributed by atoms with E-state index in [0.29, 0.717) is 10.0 Å². The summed E-state index contributed by atoms with van der Waals surface area (Å²) in [4.78, 5) is 40.5. The van der Waals surface area contributed by atoms with E-state index in [1.54, 1.807) is 48.5 Å². The first-order valence-corrected chi connectivity index (χ1v) is 9.09. The summed E-state index contributed by atoms with van der Waals surface area (Å²) >= 11 is 11.9. The number of amides is 4. The van der Waals surface area contributed by atoms with E-state index in [2.05, 4.69) is 0 Å². The lowest BCUT2D eigenvalue weighted by Gasteiger charge is -2.42. The molecule has 2 aromatic rings. The molecule has 0 aromatic heterocycles.